The summed E-state index contributed by atoms with van der Waals surface area (Å²) >= 11 is 7.47. The van der Waals surface area contributed by atoms with Crippen molar-refractivity contribution in [1.82, 2.24) is 9.88 Å². The summed E-state index contributed by atoms with van der Waals surface area (Å²) in [6, 6.07) is 20.0. The van der Waals surface area contributed by atoms with Crippen LogP contribution in [-0.2, 0) is 11.2 Å². The zero-order valence-electron chi connectivity index (χ0n) is 22.4. The van der Waals surface area contributed by atoms with Crippen molar-refractivity contribution in [3.05, 3.63) is 99.5 Å². The van der Waals surface area contributed by atoms with Gasteiger partial charge in [-0.1, -0.05) is 54.1 Å². The fourth-order valence-corrected chi connectivity index (χ4v) is 6.11. The van der Waals surface area contributed by atoms with Crippen molar-refractivity contribution in [3.63, 3.8) is 0 Å². The van der Waals surface area contributed by atoms with Gasteiger partial charge in [0, 0.05) is 47.1 Å². The summed E-state index contributed by atoms with van der Waals surface area (Å²) in [6.07, 6.45) is -2.15. The van der Waals surface area contributed by atoms with E-state index in [4.69, 9.17) is 11.6 Å². The van der Waals surface area contributed by atoms with E-state index in [0.29, 0.717) is 53.5 Å². The zero-order chi connectivity index (χ0) is 29.7. The molecule has 5 rings (SSSR count). The number of thiazole rings is 1. The highest BCUT2D eigenvalue weighted by atomic mass is 35.5. The summed E-state index contributed by atoms with van der Waals surface area (Å²) in [5.41, 5.74) is 3.10. The number of aryl methyl sites for hydroxylation is 1. The number of nitrogens with one attached hydrogen (secondary N) is 1. The van der Waals surface area contributed by atoms with Crippen molar-refractivity contribution in [2.24, 2.45) is 0 Å². The van der Waals surface area contributed by atoms with Gasteiger partial charge in [0.15, 0.2) is 0 Å². The van der Waals surface area contributed by atoms with Crippen LogP contribution in [0.15, 0.2) is 78.2 Å². The number of hydrogen-bond acceptors (Lipinski definition) is 5. The molecule has 2 heterocycles. The first-order chi connectivity index (χ1) is 20.1. The molecule has 0 bridgehead atoms. The Morgan fingerprint density at radius 3 is 2.48 bits per heavy atom. The number of rotatable bonds is 8. The molecule has 1 aromatic heterocycles. The Hall–Kier alpha value is -3.89. The lowest BCUT2D eigenvalue weighted by Crippen LogP contribution is -2.38. The minimum Gasteiger partial charge on any atom is -0.406 e. The summed E-state index contributed by atoms with van der Waals surface area (Å²) < 4.78 is 41.5. The minimum atomic E-state index is -4.77. The van der Waals surface area contributed by atoms with E-state index >= 15 is 0 Å². The van der Waals surface area contributed by atoms with Crippen molar-refractivity contribution in [3.8, 4) is 16.9 Å². The van der Waals surface area contributed by atoms with Crippen molar-refractivity contribution < 1.29 is 27.5 Å². The Kier molecular flexibility index (Phi) is 9.13. The van der Waals surface area contributed by atoms with E-state index in [9.17, 15) is 22.8 Å². The van der Waals surface area contributed by atoms with Gasteiger partial charge < -0.3 is 15.0 Å². The number of hydrogen-bond donors (Lipinski definition) is 1. The molecule has 0 spiro atoms. The molecule has 0 saturated carbocycles. The number of piperidine rings is 1. The van der Waals surface area contributed by atoms with Crippen molar-refractivity contribution in [2.75, 3.05) is 18.4 Å². The first-order valence-corrected chi connectivity index (χ1v) is 14.6. The van der Waals surface area contributed by atoms with Gasteiger partial charge in [0.2, 0.25) is 5.91 Å². The molecule has 1 N–H and O–H groups in total. The van der Waals surface area contributed by atoms with Gasteiger partial charge in [-0.15, -0.1) is 24.5 Å². The fraction of sp³-hybridized carbons (Fsp3) is 0.258. The second-order valence-corrected chi connectivity index (χ2v) is 11.3. The summed E-state index contributed by atoms with van der Waals surface area (Å²) in [7, 11) is 0. The lowest BCUT2D eigenvalue weighted by molar-refractivity contribution is -0.274. The smallest absolute Gasteiger partial charge is 0.406 e. The van der Waals surface area contributed by atoms with E-state index in [2.05, 4.69) is 15.0 Å². The average molecular weight is 614 g/mol. The molecule has 0 atom stereocenters. The highest BCUT2D eigenvalue weighted by Crippen LogP contribution is 2.33. The van der Waals surface area contributed by atoms with Crippen LogP contribution in [0.5, 0.6) is 5.75 Å². The molecular formula is C31H27ClF3N3O3S. The molecule has 3 aromatic carbocycles. The molecule has 1 aliphatic heterocycles. The maximum Gasteiger partial charge on any atom is 0.573 e. The normalized spacial score (nSPS) is 14.0. The number of carbonyl (C=O) groups is 2. The summed E-state index contributed by atoms with van der Waals surface area (Å²) in [5, 5.41) is 6.12. The molecule has 1 fully saturated rings. The molecule has 42 heavy (non-hydrogen) atoms. The van der Waals surface area contributed by atoms with Crippen molar-refractivity contribution in [2.45, 2.75) is 38.0 Å². The van der Waals surface area contributed by atoms with E-state index in [1.165, 1.54) is 35.6 Å². The molecule has 1 aliphatic rings. The summed E-state index contributed by atoms with van der Waals surface area (Å²) in [6.45, 7) is 1.28. The number of aromatic nitrogens is 1. The highest BCUT2D eigenvalue weighted by molar-refractivity contribution is 7.10. The number of nitrogens with zero attached hydrogens (tertiary/aromatic N) is 2. The van der Waals surface area contributed by atoms with Gasteiger partial charge in [-0.3, -0.25) is 9.59 Å². The topological polar surface area (TPSA) is 71.5 Å². The minimum absolute atomic E-state index is 0.119. The molecule has 218 valence electrons. The predicted molar refractivity (Wildman–Crippen MR) is 157 cm³/mol. The van der Waals surface area contributed by atoms with E-state index in [-0.39, 0.29) is 23.5 Å². The Morgan fingerprint density at radius 1 is 1.02 bits per heavy atom. The summed E-state index contributed by atoms with van der Waals surface area (Å²) in [4.78, 5) is 32.3. The van der Waals surface area contributed by atoms with Crippen LogP contribution < -0.4 is 10.1 Å². The molecule has 2 amide bonds. The van der Waals surface area contributed by atoms with Crippen LogP contribution in [0, 0.1) is 0 Å². The van der Waals surface area contributed by atoms with Crippen LogP contribution in [0.3, 0.4) is 0 Å². The van der Waals surface area contributed by atoms with Crippen LogP contribution >= 0.6 is 22.9 Å². The van der Waals surface area contributed by atoms with Crippen LogP contribution in [0.2, 0.25) is 5.02 Å². The largest absolute Gasteiger partial charge is 0.573 e. The van der Waals surface area contributed by atoms with Gasteiger partial charge in [-0.2, -0.15) is 0 Å². The second kappa shape index (κ2) is 13.0. The number of carbonyl (C=O) groups excluding carboxylic acids is 2. The number of halogens is 4. The molecule has 1 saturated heterocycles. The van der Waals surface area contributed by atoms with Gasteiger partial charge in [0.25, 0.3) is 5.91 Å². The number of anilines is 1. The van der Waals surface area contributed by atoms with Crippen LogP contribution in [0.25, 0.3) is 11.1 Å². The molecule has 0 unspecified atom stereocenters. The van der Waals surface area contributed by atoms with Crippen LogP contribution in [0.4, 0.5) is 18.9 Å². The van der Waals surface area contributed by atoms with Gasteiger partial charge >= 0.3 is 6.36 Å². The van der Waals surface area contributed by atoms with Gasteiger partial charge in [0.05, 0.1) is 5.01 Å². The average Bonchev–Trinajstić information content (AvgIpc) is 3.47. The monoisotopic (exact) mass is 613 g/mol. The second-order valence-electron chi connectivity index (χ2n) is 9.93. The SMILES string of the molecule is O=C(Nc1ccccc1-c1ccc(OC(F)(F)F)cc1)c1csc(C2CCN(C(=O)CCc3cccc(Cl)c3)CC2)n1. The maximum atomic E-state index is 13.1. The molecular weight excluding hydrogens is 587 g/mol. The lowest BCUT2D eigenvalue weighted by atomic mass is 9.97. The van der Waals surface area contributed by atoms with Gasteiger partial charge in [-0.25, -0.2) is 4.98 Å². The van der Waals surface area contributed by atoms with E-state index in [0.717, 1.165) is 23.4 Å². The number of benzene rings is 3. The molecule has 4 aromatic rings. The van der Waals surface area contributed by atoms with E-state index in [1.54, 1.807) is 29.6 Å². The Morgan fingerprint density at radius 2 is 1.76 bits per heavy atom. The predicted octanol–water partition coefficient (Wildman–Crippen LogP) is 7.95. The third-order valence-electron chi connectivity index (χ3n) is 7.04. The van der Waals surface area contributed by atoms with Crippen LogP contribution in [0.1, 0.15) is 46.2 Å². The zero-order valence-corrected chi connectivity index (χ0v) is 23.9. The van der Waals surface area contributed by atoms with Crippen molar-refractivity contribution >= 4 is 40.4 Å². The van der Waals surface area contributed by atoms with E-state index < -0.39 is 6.36 Å². The number of alkyl halides is 3. The number of likely N-dealkylation sites (tertiary alicyclic amines) is 1. The lowest BCUT2D eigenvalue weighted by Gasteiger charge is -2.31. The Balaban J connectivity index is 1.16. The van der Waals surface area contributed by atoms with Gasteiger partial charge in [0.1, 0.15) is 11.4 Å². The standard InChI is InChI=1S/C31H27ClF3N3O3S/c32-23-5-3-4-20(18-23)8-13-28(39)38-16-14-22(15-17-38)30-37-27(19-42-30)29(40)36-26-7-2-1-6-25(26)21-9-11-24(12-10-21)41-31(33,34)35/h1-7,9-12,18-19,22H,8,13-17H2,(H,36,40). The fourth-order valence-electron chi connectivity index (χ4n) is 4.92. The Labute approximate surface area is 250 Å². The van der Waals surface area contributed by atoms with Gasteiger partial charge in [-0.05, 0) is 60.7 Å². The molecule has 0 radical (unpaired) electrons. The van der Waals surface area contributed by atoms with Crippen LogP contribution in [-0.4, -0.2) is 41.2 Å². The maximum absolute atomic E-state index is 13.1. The molecule has 0 aliphatic carbocycles. The first kappa shape index (κ1) is 29.6. The number of ether oxygens (including phenoxy) is 1. The number of para-hydroxylation sites is 1. The Bertz CT molecular complexity index is 1550. The third-order valence-corrected chi connectivity index (χ3v) is 8.28. The quantitative estimate of drug-likeness (QED) is 0.219. The molecule has 6 nitrogen and oxygen atoms in total. The van der Waals surface area contributed by atoms with Crippen molar-refractivity contribution in [1.29, 1.82) is 0 Å². The highest BCUT2D eigenvalue weighted by Gasteiger charge is 2.31. The number of amides is 2. The molecule has 11 heteroatoms. The first-order valence-electron chi connectivity index (χ1n) is 13.4. The third kappa shape index (κ3) is 7.68. The van der Waals surface area contributed by atoms with E-state index in [1.807, 2.05) is 29.2 Å². The summed E-state index contributed by atoms with van der Waals surface area (Å²) in [5.74, 6) is -0.418.